The van der Waals surface area contributed by atoms with Gasteiger partial charge < -0.3 is 9.15 Å². The second-order valence-electron chi connectivity index (χ2n) is 6.21. The van der Waals surface area contributed by atoms with Gasteiger partial charge in [0.25, 0.3) is 0 Å². The number of hydrazone groups is 1. The van der Waals surface area contributed by atoms with Crippen molar-refractivity contribution < 1.29 is 13.9 Å². The summed E-state index contributed by atoms with van der Waals surface area (Å²) in [6.45, 7) is 4.49. The molecule has 3 aromatic rings. The van der Waals surface area contributed by atoms with Crippen molar-refractivity contribution in [2.45, 2.75) is 20.3 Å². The predicted molar refractivity (Wildman–Crippen MR) is 111 cm³/mol. The Kier molecular flexibility index (Phi) is 6.50. The zero-order valence-corrected chi connectivity index (χ0v) is 16.5. The smallest absolute Gasteiger partial charge is 0.244 e. The molecule has 2 aromatic carbocycles. The minimum absolute atomic E-state index is 0.211. The van der Waals surface area contributed by atoms with Crippen LogP contribution in [0.3, 0.4) is 0 Å². The molecule has 3 rings (SSSR count). The Balaban J connectivity index is 1.55. The molecule has 0 aliphatic carbocycles. The number of rotatable bonds is 7. The van der Waals surface area contributed by atoms with Crippen molar-refractivity contribution in [1.29, 1.82) is 0 Å². The lowest BCUT2D eigenvalue weighted by atomic mass is 10.1. The molecule has 144 valence electrons. The molecule has 0 fully saturated rings. The first-order valence-electron chi connectivity index (χ1n) is 8.95. The van der Waals surface area contributed by atoms with Crippen LogP contribution in [-0.2, 0) is 11.2 Å². The fourth-order valence-corrected chi connectivity index (χ4v) is 2.77. The maximum atomic E-state index is 12.0. The van der Waals surface area contributed by atoms with E-state index in [0.29, 0.717) is 23.2 Å². The van der Waals surface area contributed by atoms with E-state index in [0.717, 1.165) is 22.4 Å². The van der Waals surface area contributed by atoms with E-state index in [9.17, 15) is 4.79 Å². The Morgan fingerprint density at radius 3 is 2.68 bits per heavy atom. The summed E-state index contributed by atoms with van der Waals surface area (Å²) in [6.07, 6.45) is 1.70. The van der Waals surface area contributed by atoms with Crippen LogP contribution < -0.4 is 10.2 Å². The summed E-state index contributed by atoms with van der Waals surface area (Å²) >= 11 is 6.16. The first kappa shape index (κ1) is 19.7. The Hall–Kier alpha value is -3.05. The first-order chi connectivity index (χ1) is 13.5. The molecule has 0 saturated carbocycles. The molecule has 0 aliphatic heterocycles. The van der Waals surface area contributed by atoms with Crippen molar-refractivity contribution in [1.82, 2.24) is 5.43 Å². The normalized spacial score (nSPS) is 11.0. The number of carbonyl (C=O) groups is 1. The molecule has 1 amide bonds. The molecule has 0 saturated heterocycles. The maximum absolute atomic E-state index is 12.0. The van der Waals surface area contributed by atoms with Gasteiger partial charge in [0.05, 0.1) is 19.2 Å². The number of amides is 1. The van der Waals surface area contributed by atoms with Gasteiger partial charge in [0.15, 0.2) is 0 Å². The highest BCUT2D eigenvalue weighted by Gasteiger charge is 2.06. The lowest BCUT2D eigenvalue weighted by Gasteiger charge is -2.04. The molecule has 1 N–H and O–H groups in total. The van der Waals surface area contributed by atoms with Gasteiger partial charge in [-0.3, -0.25) is 4.79 Å². The van der Waals surface area contributed by atoms with Crippen LogP contribution in [0.5, 0.6) is 5.75 Å². The van der Waals surface area contributed by atoms with E-state index >= 15 is 0 Å². The molecule has 0 bridgehead atoms. The predicted octanol–water partition coefficient (Wildman–Crippen LogP) is 5.00. The monoisotopic (exact) mass is 396 g/mol. The van der Waals surface area contributed by atoms with Gasteiger partial charge in [-0.25, -0.2) is 5.43 Å². The molecule has 6 heteroatoms. The molecule has 0 unspecified atom stereocenters. The molecule has 0 aliphatic rings. The second kappa shape index (κ2) is 9.24. The number of aryl methyl sites for hydroxylation is 1. The van der Waals surface area contributed by atoms with E-state index in [2.05, 4.69) is 10.5 Å². The highest BCUT2D eigenvalue weighted by Crippen LogP contribution is 2.26. The fourth-order valence-electron chi connectivity index (χ4n) is 2.59. The Morgan fingerprint density at radius 2 is 1.96 bits per heavy atom. The maximum Gasteiger partial charge on any atom is 0.244 e. The number of carbonyl (C=O) groups excluding carboxylic acids is 1. The van der Waals surface area contributed by atoms with Gasteiger partial charge in [-0.05, 0) is 55.3 Å². The summed E-state index contributed by atoms with van der Waals surface area (Å²) in [5.74, 6) is 1.79. The Bertz CT molecular complexity index is 978. The summed E-state index contributed by atoms with van der Waals surface area (Å²) in [4.78, 5) is 12.0. The zero-order valence-electron chi connectivity index (χ0n) is 15.7. The molecule has 0 atom stereocenters. The van der Waals surface area contributed by atoms with Crippen LogP contribution in [0.15, 0.2) is 64.1 Å². The summed E-state index contributed by atoms with van der Waals surface area (Å²) in [5.41, 5.74) is 5.28. The second-order valence-corrected chi connectivity index (χ2v) is 6.62. The van der Waals surface area contributed by atoms with Crippen molar-refractivity contribution in [2.24, 2.45) is 5.10 Å². The fraction of sp³-hybridized carbons (Fsp3) is 0.182. The molecule has 1 aromatic heterocycles. The van der Waals surface area contributed by atoms with Crippen molar-refractivity contribution in [2.75, 3.05) is 6.61 Å². The molecular formula is C22H21ClN2O3. The molecule has 0 radical (unpaired) electrons. The largest absolute Gasteiger partial charge is 0.494 e. The highest BCUT2D eigenvalue weighted by molar-refractivity contribution is 6.31. The van der Waals surface area contributed by atoms with Crippen molar-refractivity contribution in [3.8, 4) is 17.1 Å². The van der Waals surface area contributed by atoms with E-state index < -0.39 is 0 Å². The number of hydrogen-bond donors (Lipinski definition) is 1. The van der Waals surface area contributed by atoms with E-state index in [4.69, 9.17) is 20.8 Å². The van der Waals surface area contributed by atoms with Gasteiger partial charge in [0.2, 0.25) is 5.91 Å². The molecule has 0 spiro atoms. The molecule has 28 heavy (non-hydrogen) atoms. The number of nitrogens with zero attached hydrogens (tertiary/aromatic N) is 1. The third-order valence-corrected chi connectivity index (χ3v) is 4.47. The standard InChI is InChI=1S/C22H21ClN2O3/c1-3-27-18-8-5-16(6-9-18)12-22(26)25-24-14-19-10-11-21(28-19)17-7-4-15(2)20(23)13-17/h4-11,13-14H,3,12H2,1-2H3,(H,25,26)/b24-14-. The van der Waals surface area contributed by atoms with E-state index in [1.54, 1.807) is 6.07 Å². The average Bonchev–Trinajstić information content (AvgIpc) is 3.15. The Morgan fingerprint density at radius 1 is 1.18 bits per heavy atom. The summed E-state index contributed by atoms with van der Waals surface area (Å²) in [7, 11) is 0. The van der Waals surface area contributed by atoms with Crippen molar-refractivity contribution in [3.63, 3.8) is 0 Å². The zero-order chi connectivity index (χ0) is 19.9. The van der Waals surface area contributed by atoms with Gasteiger partial charge >= 0.3 is 0 Å². The molecular weight excluding hydrogens is 376 g/mol. The van der Waals surface area contributed by atoms with Gasteiger partial charge in [-0.1, -0.05) is 35.9 Å². The topological polar surface area (TPSA) is 63.8 Å². The third kappa shape index (κ3) is 5.24. The Labute approximate surface area is 169 Å². The van der Waals surface area contributed by atoms with E-state index in [1.165, 1.54) is 6.21 Å². The van der Waals surface area contributed by atoms with Crippen molar-refractivity contribution in [3.05, 3.63) is 76.5 Å². The number of furan rings is 1. The van der Waals surface area contributed by atoms with E-state index in [1.807, 2.05) is 62.4 Å². The molecule has 5 nitrogen and oxygen atoms in total. The van der Waals surface area contributed by atoms with Crippen LogP contribution in [-0.4, -0.2) is 18.7 Å². The van der Waals surface area contributed by atoms with Gasteiger partial charge in [0.1, 0.15) is 17.3 Å². The number of nitrogens with one attached hydrogen (secondary N) is 1. The molecule has 1 heterocycles. The highest BCUT2D eigenvalue weighted by atomic mass is 35.5. The summed E-state index contributed by atoms with van der Waals surface area (Å²) < 4.78 is 11.1. The minimum Gasteiger partial charge on any atom is -0.494 e. The number of ether oxygens (including phenoxy) is 1. The van der Waals surface area contributed by atoms with Gasteiger partial charge in [0, 0.05) is 10.6 Å². The van der Waals surface area contributed by atoms with Crippen LogP contribution in [0.25, 0.3) is 11.3 Å². The lowest BCUT2D eigenvalue weighted by molar-refractivity contribution is -0.120. The summed E-state index contributed by atoms with van der Waals surface area (Å²) in [5, 5.41) is 4.64. The lowest BCUT2D eigenvalue weighted by Crippen LogP contribution is -2.19. The van der Waals surface area contributed by atoms with Crippen LogP contribution in [0.1, 0.15) is 23.8 Å². The van der Waals surface area contributed by atoms with Crippen LogP contribution >= 0.6 is 11.6 Å². The number of hydrogen-bond acceptors (Lipinski definition) is 4. The third-order valence-electron chi connectivity index (χ3n) is 4.06. The van der Waals surface area contributed by atoms with Crippen LogP contribution in [0.2, 0.25) is 5.02 Å². The van der Waals surface area contributed by atoms with Crippen LogP contribution in [0, 0.1) is 6.92 Å². The SMILES string of the molecule is CCOc1ccc(CC(=O)N/N=C\c2ccc(-c3ccc(C)c(Cl)c3)o2)cc1. The summed E-state index contributed by atoms with van der Waals surface area (Å²) in [6, 6.07) is 16.8. The number of halogens is 1. The van der Waals surface area contributed by atoms with E-state index in [-0.39, 0.29) is 12.3 Å². The quantitative estimate of drug-likeness (QED) is 0.451. The van der Waals surface area contributed by atoms with Crippen LogP contribution in [0.4, 0.5) is 0 Å². The van der Waals surface area contributed by atoms with Gasteiger partial charge in [-0.2, -0.15) is 5.10 Å². The van der Waals surface area contributed by atoms with Crippen molar-refractivity contribution >= 4 is 23.7 Å². The first-order valence-corrected chi connectivity index (χ1v) is 9.33. The minimum atomic E-state index is -0.211. The number of benzene rings is 2. The van der Waals surface area contributed by atoms with Gasteiger partial charge in [-0.15, -0.1) is 0 Å². The average molecular weight is 397 g/mol.